The number of thiazole rings is 1. The fourth-order valence-electron chi connectivity index (χ4n) is 5.58. The summed E-state index contributed by atoms with van der Waals surface area (Å²) >= 11 is 1.73. The summed E-state index contributed by atoms with van der Waals surface area (Å²) in [5.41, 5.74) is 9.93. The summed E-state index contributed by atoms with van der Waals surface area (Å²) in [5, 5.41) is 3.45. The predicted octanol–water partition coefficient (Wildman–Crippen LogP) is 9.18. The molecule has 8 rings (SSSR count). The topological polar surface area (TPSA) is 43.6 Å². The minimum atomic E-state index is 0.956. The number of para-hydroxylation sites is 1. The summed E-state index contributed by atoms with van der Waals surface area (Å²) in [4.78, 5) is 13.8. The van der Waals surface area contributed by atoms with E-state index in [0.717, 1.165) is 49.6 Å². The van der Waals surface area contributed by atoms with Crippen molar-refractivity contribution in [2.24, 2.45) is 0 Å². The molecule has 0 bridgehead atoms. The number of fused-ring (bicyclic) bond motifs is 4. The Morgan fingerprint density at radius 2 is 1.48 bits per heavy atom. The first-order chi connectivity index (χ1) is 19.8. The Kier molecular flexibility index (Phi) is 5.28. The second-order valence-electron chi connectivity index (χ2n) is 9.75. The summed E-state index contributed by atoms with van der Waals surface area (Å²) in [6, 6.07) is 40.5. The Morgan fingerprint density at radius 1 is 0.600 bits per heavy atom. The van der Waals surface area contributed by atoms with Gasteiger partial charge in [0.1, 0.15) is 5.01 Å². The standard InChI is InChI=1S/C35H22N4S/c1-2-13-33-30(11-1)38-35(40-33)25-14-15-28-32(22-25)39(26-8-5-7-24(21-26)29-10-3-4-18-37-29)31-12-6-9-27(34(28)31)23-16-19-36-20-17-23/h1-22H. The molecule has 0 unspecified atom stereocenters. The van der Waals surface area contributed by atoms with Crippen LogP contribution in [0.4, 0.5) is 0 Å². The number of hydrogen-bond donors (Lipinski definition) is 0. The molecule has 188 valence electrons. The first kappa shape index (κ1) is 22.8. The van der Waals surface area contributed by atoms with Gasteiger partial charge in [0.25, 0.3) is 0 Å². The number of pyridine rings is 2. The Bertz CT molecular complexity index is 2130. The summed E-state index contributed by atoms with van der Waals surface area (Å²) in [6.07, 6.45) is 5.55. The molecule has 0 fully saturated rings. The van der Waals surface area contributed by atoms with Gasteiger partial charge in [0, 0.05) is 46.2 Å². The molecule has 0 radical (unpaired) electrons. The highest BCUT2D eigenvalue weighted by Crippen LogP contribution is 2.41. The van der Waals surface area contributed by atoms with E-state index in [1.807, 2.05) is 36.8 Å². The molecule has 0 N–H and O–H groups in total. The van der Waals surface area contributed by atoms with Gasteiger partial charge in [-0.3, -0.25) is 9.97 Å². The molecule has 0 aliphatic rings. The zero-order valence-corrected chi connectivity index (χ0v) is 22.2. The molecule has 0 atom stereocenters. The second kappa shape index (κ2) is 9.26. The fourth-order valence-corrected chi connectivity index (χ4v) is 6.55. The number of nitrogens with zero attached hydrogens (tertiary/aromatic N) is 4. The maximum Gasteiger partial charge on any atom is 0.124 e. The molecule has 4 aromatic carbocycles. The number of hydrogen-bond acceptors (Lipinski definition) is 4. The molecule has 0 saturated carbocycles. The van der Waals surface area contributed by atoms with Crippen LogP contribution in [0, 0.1) is 0 Å². The highest BCUT2D eigenvalue weighted by Gasteiger charge is 2.18. The van der Waals surface area contributed by atoms with E-state index < -0.39 is 0 Å². The first-order valence-electron chi connectivity index (χ1n) is 13.2. The molecule has 4 nitrogen and oxygen atoms in total. The monoisotopic (exact) mass is 530 g/mol. The molecule has 4 aromatic heterocycles. The highest BCUT2D eigenvalue weighted by molar-refractivity contribution is 7.21. The van der Waals surface area contributed by atoms with Gasteiger partial charge < -0.3 is 4.57 Å². The Hall–Kier alpha value is -5.13. The third-order valence-electron chi connectivity index (χ3n) is 7.39. The molecular formula is C35H22N4S. The lowest BCUT2D eigenvalue weighted by atomic mass is 10.00. The predicted molar refractivity (Wildman–Crippen MR) is 166 cm³/mol. The first-order valence-corrected chi connectivity index (χ1v) is 14.0. The Balaban J connectivity index is 1.43. The molecule has 4 heterocycles. The van der Waals surface area contributed by atoms with E-state index in [0.29, 0.717) is 0 Å². The number of aromatic nitrogens is 4. The summed E-state index contributed by atoms with van der Waals surface area (Å²) in [6.45, 7) is 0. The molecule has 0 amide bonds. The molecule has 40 heavy (non-hydrogen) atoms. The Morgan fingerprint density at radius 3 is 2.35 bits per heavy atom. The van der Waals surface area contributed by atoms with E-state index in [1.54, 1.807) is 11.3 Å². The van der Waals surface area contributed by atoms with Crippen molar-refractivity contribution in [2.45, 2.75) is 0 Å². The molecule has 0 aliphatic heterocycles. The third kappa shape index (κ3) is 3.71. The minimum absolute atomic E-state index is 0.956. The van der Waals surface area contributed by atoms with Crippen molar-refractivity contribution in [3.05, 3.63) is 134 Å². The van der Waals surface area contributed by atoms with Crippen LogP contribution in [0.2, 0.25) is 0 Å². The maximum absolute atomic E-state index is 4.96. The average molecular weight is 531 g/mol. The van der Waals surface area contributed by atoms with E-state index in [9.17, 15) is 0 Å². The smallest absolute Gasteiger partial charge is 0.124 e. The average Bonchev–Trinajstić information content (AvgIpc) is 3.61. The molecule has 0 saturated heterocycles. The number of benzene rings is 4. The normalized spacial score (nSPS) is 11.5. The highest BCUT2D eigenvalue weighted by atomic mass is 32.1. The van der Waals surface area contributed by atoms with Gasteiger partial charge in [0.05, 0.1) is 26.9 Å². The van der Waals surface area contributed by atoms with Gasteiger partial charge in [-0.2, -0.15) is 0 Å². The van der Waals surface area contributed by atoms with Crippen molar-refractivity contribution < 1.29 is 0 Å². The zero-order chi connectivity index (χ0) is 26.5. The van der Waals surface area contributed by atoms with Crippen molar-refractivity contribution in [1.29, 1.82) is 0 Å². The van der Waals surface area contributed by atoms with Crippen molar-refractivity contribution in [1.82, 2.24) is 19.5 Å². The molecular weight excluding hydrogens is 508 g/mol. The van der Waals surface area contributed by atoms with E-state index >= 15 is 0 Å². The minimum Gasteiger partial charge on any atom is -0.309 e. The van der Waals surface area contributed by atoms with Gasteiger partial charge in [0.2, 0.25) is 0 Å². The molecule has 8 aromatic rings. The van der Waals surface area contributed by atoms with Gasteiger partial charge in [0.15, 0.2) is 0 Å². The SMILES string of the molecule is c1ccc(-c2cccc(-n3c4cc(-c5nc6ccccc6s5)ccc4c4c(-c5ccncc5)cccc43)c2)nc1. The van der Waals surface area contributed by atoms with Crippen LogP contribution in [0.3, 0.4) is 0 Å². The van der Waals surface area contributed by atoms with Crippen molar-refractivity contribution in [2.75, 3.05) is 0 Å². The Labute approximate surface area is 234 Å². The fraction of sp³-hybridized carbons (Fsp3) is 0. The van der Waals surface area contributed by atoms with Gasteiger partial charge in [-0.05, 0) is 71.8 Å². The van der Waals surface area contributed by atoms with Crippen molar-refractivity contribution in [3.63, 3.8) is 0 Å². The second-order valence-corrected chi connectivity index (χ2v) is 10.8. The maximum atomic E-state index is 4.96. The van der Waals surface area contributed by atoms with Crippen LogP contribution in [-0.4, -0.2) is 19.5 Å². The lowest BCUT2D eigenvalue weighted by molar-refractivity contribution is 1.18. The van der Waals surface area contributed by atoms with E-state index in [2.05, 4.69) is 112 Å². The van der Waals surface area contributed by atoms with Crippen LogP contribution < -0.4 is 0 Å². The van der Waals surface area contributed by atoms with Crippen molar-refractivity contribution in [3.8, 4) is 38.6 Å². The zero-order valence-electron chi connectivity index (χ0n) is 21.4. The quantitative estimate of drug-likeness (QED) is 0.228. The van der Waals surface area contributed by atoms with E-state index in [1.165, 1.54) is 21.0 Å². The van der Waals surface area contributed by atoms with Crippen molar-refractivity contribution >= 4 is 43.4 Å². The van der Waals surface area contributed by atoms with Crippen LogP contribution in [0.25, 0.3) is 70.7 Å². The summed E-state index contributed by atoms with van der Waals surface area (Å²) in [7, 11) is 0. The summed E-state index contributed by atoms with van der Waals surface area (Å²) in [5.74, 6) is 0. The van der Waals surface area contributed by atoms with Gasteiger partial charge in [-0.25, -0.2) is 4.98 Å². The van der Waals surface area contributed by atoms with Crippen LogP contribution in [-0.2, 0) is 0 Å². The van der Waals surface area contributed by atoms with Gasteiger partial charge in [-0.1, -0.05) is 54.6 Å². The molecule has 5 heteroatoms. The van der Waals surface area contributed by atoms with E-state index in [-0.39, 0.29) is 0 Å². The van der Waals surface area contributed by atoms with Crippen LogP contribution in [0.15, 0.2) is 134 Å². The van der Waals surface area contributed by atoms with Gasteiger partial charge >= 0.3 is 0 Å². The summed E-state index contributed by atoms with van der Waals surface area (Å²) < 4.78 is 3.57. The number of rotatable bonds is 4. The molecule has 0 aliphatic carbocycles. The molecule has 0 spiro atoms. The third-order valence-corrected chi connectivity index (χ3v) is 8.47. The van der Waals surface area contributed by atoms with E-state index in [4.69, 9.17) is 4.98 Å². The largest absolute Gasteiger partial charge is 0.309 e. The lowest BCUT2D eigenvalue weighted by Crippen LogP contribution is -1.95. The lowest BCUT2D eigenvalue weighted by Gasteiger charge is -2.11. The van der Waals surface area contributed by atoms with Crippen LogP contribution >= 0.6 is 11.3 Å². The van der Waals surface area contributed by atoms with Crippen LogP contribution in [0.1, 0.15) is 0 Å². The van der Waals surface area contributed by atoms with Gasteiger partial charge in [-0.15, -0.1) is 11.3 Å². The van der Waals surface area contributed by atoms with Crippen LogP contribution in [0.5, 0.6) is 0 Å².